The van der Waals surface area contributed by atoms with Crippen LogP contribution in [0.25, 0.3) is 11.5 Å². The van der Waals surface area contributed by atoms with Crippen LogP contribution < -0.4 is 16.4 Å². The number of ether oxygens (including phenoxy) is 1. The topological polar surface area (TPSA) is 141 Å². The molecule has 190 valence electrons. The molecule has 0 aromatic carbocycles. The van der Waals surface area contributed by atoms with Crippen molar-refractivity contribution in [3.05, 3.63) is 64.7 Å². The zero-order valence-electron chi connectivity index (χ0n) is 20.4. The van der Waals surface area contributed by atoms with Gasteiger partial charge in [-0.2, -0.15) is 4.98 Å². The van der Waals surface area contributed by atoms with Gasteiger partial charge in [0.2, 0.25) is 5.95 Å². The lowest BCUT2D eigenvalue weighted by Gasteiger charge is -2.25. The second-order valence-corrected chi connectivity index (χ2v) is 9.94. The van der Waals surface area contributed by atoms with E-state index in [1.807, 2.05) is 30.5 Å². The number of thiophene rings is 1. The van der Waals surface area contributed by atoms with Gasteiger partial charge in [0.05, 0.1) is 12.3 Å². The molecule has 5 rings (SSSR count). The summed E-state index contributed by atoms with van der Waals surface area (Å²) < 4.78 is 5.55. The first kappa shape index (κ1) is 24.7. The van der Waals surface area contributed by atoms with Crippen LogP contribution in [0, 0.1) is 12.8 Å². The van der Waals surface area contributed by atoms with Crippen LogP contribution in [0.2, 0.25) is 0 Å². The predicted octanol–water partition coefficient (Wildman–Crippen LogP) is 4.86. The van der Waals surface area contributed by atoms with Crippen LogP contribution in [-0.4, -0.2) is 43.5 Å². The standard InChI is InChI=1S/C26H28N8O2S/c1-16-3-2-4-20(30-16)24-28-11-9-22(33-24)32-23-10-12-29-26(34-23)31-19-13-21(37-15-19)25(35)36-14-17-5-7-18(27)8-6-17/h2-4,9-13,15,17-18H,5-8,14,27H2,1H3,(H2,28,29,31,32,33,34)/t17-,18-. The number of carbonyl (C=O) groups is 1. The van der Waals surface area contributed by atoms with Crippen LogP contribution in [0.3, 0.4) is 0 Å². The second kappa shape index (κ2) is 11.4. The summed E-state index contributed by atoms with van der Waals surface area (Å²) in [5.41, 5.74) is 8.26. The third kappa shape index (κ3) is 6.63. The molecule has 4 aromatic rings. The molecule has 0 saturated heterocycles. The number of aromatic nitrogens is 5. The van der Waals surface area contributed by atoms with E-state index in [4.69, 9.17) is 10.5 Å². The number of esters is 1. The summed E-state index contributed by atoms with van der Waals surface area (Å²) in [6.45, 7) is 2.36. The van der Waals surface area contributed by atoms with Gasteiger partial charge in [-0.1, -0.05) is 6.07 Å². The number of anilines is 4. The van der Waals surface area contributed by atoms with Crippen molar-refractivity contribution in [2.75, 3.05) is 17.2 Å². The summed E-state index contributed by atoms with van der Waals surface area (Å²) in [6, 6.07) is 11.2. The molecule has 0 radical (unpaired) electrons. The SMILES string of the molecule is Cc1cccc(-c2nccc(Nc3ccnc(Nc4csc(C(=O)OC[C@H]5CC[C@H](N)CC5)c4)n3)n2)n1. The first-order valence-corrected chi connectivity index (χ1v) is 13.1. The fourth-order valence-corrected chi connectivity index (χ4v) is 4.83. The summed E-state index contributed by atoms with van der Waals surface area (Å²) >= 11 is 1.32. The van der Waals surface area contributed by atoms with Crippen LogP contribution in [0.1, 0.15) is 41.0 Å². The fourth-order valence-electron chi connectivity index (χ4n) is 4.10. The minimum Gasteiger partial charge on any atom is -0.461 e. The molecule has 0 amide bonds. The Bertz CT molecular complexity index is 1370. The summed E-state index contributed by atoms with van der Waals surface area (Å²) in [6.07, 6.45) is 7.31. The van der Waals surface area contributed by atoms with E-state index < -0.39 is 0 Å². The van der Waals surface area contributed by atoms with Gasteiger partial charge in [0, 0.05) is 29.5 Å². The van der Waals surface area contributed by atoms with Crippen LogP contribution >= 0.6 is 11.3 Å². The number of hydrogen-bond donors (Lipinski definition) is 3. The number of aryl methyl sites for hydroxylation is 1. The third-order valence-electron chi connectivity index (χ3n) is 6.08. The monoisotopic (exact) mass is 516 g/mol. The lowest BCUT2D eigenvalue weighted by Crippen LogP contribution is -2.28. The lowest BCUT2D eigenvalue weighted by molar-refractivity contribution is 0.0412. The zero-order valence-corrected chi connectivity index (χ0v) is 21.2. The van der Waals surface area contributed by atoms with Crippen LogP contribution in [-0.2, 0) is 4.74 Å². The predicted molar refractivity (Wildman–Crippen MR) is 143 cm³/mol. The molecule has 4 heterocycles. The Morgan fingerprint density at radius 2 is 1.81 bits per heavy atom. The van der Waals surface area contributed by atoms with Gasteiger partial charge in [-0.3, -0.25) is 0 Å². The Kier molecular flexibility index (Phi) is 7.62. The van der Waals surface area contributed by atoms with Crippen molar-refractivity contribution >= 4 is 40.6 Å². The number of carbonyl (C=O) groups excluding carboxylic acids is 1. The molecule has 37 heavy (non-hydrogen) atoms. The van der Waals surface area contributed by atoms with E-state index in [0.717, 1.165) is 31.4 Å². The van der Waals surface area contributed by atoms with Crippen molar-refractivity contribution in [3.8, 4) is 11.5 Å². The highest BCUT2D eigenvalue weighted by atomic mass is 32.1. The maximum absolute atomic E-state index is 12.5. The average molecular weight is 517 g/mol. The molecule has 0 bridgehead atoms. The summed E-state index contributed by atoms with van der Waals surface area (Å²) in [5, 5.41) is 8.16. The van der Waals surface area contributed by atoms with Gasteiger partial charge in [-0.25, -0.2) is 24.7 Å². The Labute approximate surface area is 218 Å². The van der Waals surface area contributed by atoms with Gasteiger partial charge in [-0.15, -0.1) is 11.3 Å². The molecule has 1 saturated carbocycles. The largest absolute Gasteiger partial charge is 0.461 e. The number of pyridine rings is 1. The van der Waals surface area contributed by atoms with E-state index in [-0.39, 0.29) is 12.0 Å². The first-order valence-electron chi connectivity index (χ1n) is 12.2. The smallest absolute Gasteiger partial charge is 0.348 e. The Morgan fingerprint density at radius 1 is 1.03 bits per heavy atom. The van der Waals surface area contributed by atoms with Crippen LogP contribution in [0.15, 0.2) is 54.2 Å². The highest BCUT2D eigenvalue weighted by Crippen LogP contribution is 2.26. The van der Waals surface area contributed by atoms with Crippen molar-refractivity contribution in [2.45, 2.75) is 38.6 Å². The highest BCUT2D eigenvalue weighted by Gasteiger charge is 2.21. The molecule has 4 aromatic heterocycles. The van der Waals surface area contributed by atoms with Gasteiger partial charge in [0.25, 0.3) is 0 Å². The van der Waals surface area contributed by atoms with Crippen molar-refractivity contribution < 1.29 is 9.53 Å². The summed E-state index contributed by atoms with van der Waals surface area (Å²) in [4.78, 5) is 35.2. The zero-order chi connectivity index (χ0) is 25.6. The number of nitrogens with one attached hydrogen (secondary N) is 2. The molecule has 0 spiro atoms. The van der Waals surface area contributed by atoms with Gasteiger partial charge in [-0.05, 0) is 68.9 Å². The molecule has 1 aliphatic rings. The average Bonchev–Trinajstić information content (AvgIpc) is 3.37. The Morgan fingerprint density at radius 3 is 2.62 bits per heavy atom. The lowest BCUT2D eigenvalue weighted by atomic mass is 9.87. The normalized spacial score (nSPS) is 17.2. The number of rotatable bonds is 8. The number of nitrogens with zero attached hydrogens (tertiary/aromatic N) is 5. The number of nitrogens with two attached hydrogens (primary N) is 1. The first-order chi connectivity index (χ1) is 18.0. The summed E-state index contributed by atoms with van der Waals surface area (Å²) in [5.74, 6) is 2.12. The van der Waals surface area contributed by atoms with Gasteiger partial charge >= 0.3 is 5.97 Å². The minimum atomic E-state index is -0.313. The van der Waals surface area contributed by atoms with Crippen molar-refractivity contribution in [1.29, 1.82) is 0 Å². The quantitative estimate of drug-likeness (QED) is 0.278. The molecular weight excluding hydrogens is 488 g/mol. The maximum Gasteiger partial charge on any atom is 0.348 e. The molecule has 0 aliphatic heterocycles. The van der Waals surface area contributed by atoms with Gasteiger partial charge < -0.3 is 21.1 Å². The molecule has 4 N–H and O–H groups in total. The van der Waals surface area contributed by atoms with E-state index in [0.29, 0.717) is 52.2 Å². The van der Waals surface area contributed by atoms with E-state index in [2.05, 4.69) is 35.6 Å². The maximum atomic E-state index is 12.5. The van der Waals surface area contributed by atoms with Crippen molar-refractivity contribution in [3.63, 3.8) is 0 Å². The molecule has 0 unspecified atom stereocenters. The van der Waals surface area contributed by atoms with E-state index >= 15 is 0 Å². The van der Waals surface area contributed by atoms with E-state index in [1.165, 1.54) is 11.3 Å². The van der Waals surface area contributed by atoms with E-state index in [1.54, 1.807) is 30.6 Å². The molecule has 11 heteroatoms. The Hall–Kier alpha value is -3.96. The van der Waals surface area contributed by atoms with Crippen LogP contribution in [0.5, 0.6) is 0 Å². The van der Waals surface area contributed by atoms with Gasteiger partial charge in [0.15, 0.2) is 5.82 Å². The van der Waals surface area contributed by atoms with Crippen LogP contribution in [0.4, 0.5) is 23.3 Å². The summed E-state index contributed by atoms with van der Waals surface area (Å²) in [7, 11) is 0. The molecule has 10 nitrogen and oxygen atoms in total. The number of hydrogen-bond acceptors (Lipinski definition) is 11. The third-order valence-corrected chi connectivity index (χ3v) is 6.99. The van der Waals surface area contributed by atoms with Gasteiger partial charge in [0.1, 0.15) is 22.2 Å². The Balaban J connectivity index is 1.19. The molecule has 1 aliphatic carbocycles. The molecular formula is C26H28N8O2S. The minimum absolute atomic E-state index is 0.281. The van der Waals surface area contributed by atoms with Crippen molar-refractivity contribution in [2.24, 2.45) is 11.7 Å². The highest BCUT2D eigenvalue weighted by molar-refractivity contribution is 7.12. The van der Waals surface area contributed by atoms with Crippen molar-refractivity contribution in [1.82, 2.24) is 24.9 Å². The molecule has 0 atom stereocenters. The molecule has 1 fully saturated rings. The fraction of sp³-hybridized carbons (Fsp3) is 0.308. The van der Waals surface area contributed by atoms with E-state index in [9.17, 15) is 4.79 Å². The second-order valence-electron chi connectivity index (χ2n) is 9.02.